The van der Waals surface area contributed by atoms with E-state index in [1.165, 1.54) is 0 Å². The van der Waals surface area contributed by atoms with Crippen molar-refractivity contribution < 1.29 is 4.79 Å². The third kappa shape index (κ3) is 2.67. The Bertz CT molecular complexity index is 916. The van der Waals surface area contributed by atoms with E-state index < -0.39 is 0 Å². The van der Waals surface area contributed by atoms with Gasteiger partial charge in [-0.3, -0.25) is 4.79 Å². The molecule has 1 aromatic heterocycles. The smallest absolute Gasteiger partial charge is 0.161 e. The molecule has 2 heterocycles. The molecular weight excluding hydrogens is 346 g/mol. The summed E-state index contributed by atoms with van der Waals surface area (Å²) in [6.45, 7) is 8.47. The van der Waals surface area contributed by atoms with E-state index in [1.807, 2.05) is 31.2 Å². The third-order valence-electron chi connectivity index (χ3n) is 5.25. The summed E-state index contributed by atoms with van der Waals surface area (Å²) in [5.74, 6) is 1.18. The molecule has 26 heavy (non-hydrogen) atoms. The number of ketones is 1. The van der Waals surface area contributed by atoms with E-state index in [2.05, 4.69) is 30.8 Å². The first-order chi connectivity index (χ1) is 12.3. The van der Waals surface area contributed by atoms with Crippen LogP contribution in [0, 0.1) is 6.92 Å². The molecule has 1 aliphatic carbocycles. The lowest BCUT2D eigenvalue weighted by Gasteiger charge is -2.34. The maximum atomic E-state index is 12.9. The number of rotatable bonds is 1. The van der Waals surface area contributed by atoms with E-state index in [-0.39, 0.29) is 17.2 Å². The maximum absolute atomic E-state index is 12.9. The number of hydrogen-bond donors (Lipinski definition) is 1. The molecule has 1 N–H and O–H groups in total. The van der Waals surface area contributed by atoms with Gasteiger partial charge < -0.3 is 5.32 Å². The lowest BCUT2D eigenvalue weighted by Crippen LogP contribution is -2.30. The average molecular weight is 370 g/mol. The Hall–Kier alpha value is -2.07. The molecule has 1 aliphatic heterocycles. The number of halogens is 1. The van der Waals surface area contributed by atoms with Crippen molar-refractivity contribution in [3.63, 3.8) is 0 Å². The Labute approximate surface area is 159 Å². The van der Waals surface area contributed by atoms with Gasteiger partial charge >= 0.3 is 0 Å². The molecular formula is C21H24ClN3O. The molecule has 0 bridgehead atoms. The molecule has 0 amide bonds. The normalized spacial score (nSPS) is 19.9. The summed E-state index contributed by atoms with van der Waals surface area (Å²) < 4.78 is 2.06. The summed E-state index contributed by atoms with van der Waals surface area (Å²) in [5.41, 5.74) is 4.98. The van der Waals surface area contributed by atoms with Gasteiger partial charge in [-0.25, -0.2) is 4.68 Å². The van der Waals surface area contributed by atoms with Crippen LogP contribution in [0.15, 0.2) is 35.5 Å². The molecule has 1 unspecified atom stereocenters. The molecule has 136 valence electrons. The van der Waals surface area contributed by atoms with Crippen molar-refractivity contribution in [3.8, 4) is 0 Å². The summed E-state index contributed by atoms with van der Waals surface area (Å²) in [7, 11) is 0. The summed E-state index contributed by atoms with van der Waals surface area (Å²) in [6, 6.07) is 7.86. The van der Waals surface area contributed by atoms with Crippen LogP contribution in [0.3, 0.4) is 0 Å². The number of aryl methyl sites for hydroxylation is 1. The van der Waals surface area contributed by atoms with Crippen LogP contribution in [0.25, 0.3) is 0 Å². The molecule has 0 radical (unpaired) electrons. The number of carbonyl (C=O) groups excluding carboxylic acids is 1. The number of hydrogen-bond acceptors (Lipinski definition) is 3. The van der Waals surface area contributed by atoms with Crippen LogP contribution >= 0.6 is 11.6 Å². The number of fused-ring (bicyclic) bond motifs is 1. The van der Waals surface area contributed by atoms with Gasteiger partial charge in [0, 0.05) is 34.2 Å². The Balaban J connectivity index is 1.98. The summed E-state index contributed by atoms with van der Waals surface area (Å²) in [5, 5.41) is 9.10. The fourth-order valence-electron chi connectivity index (χ4n) is 4.09. The van der Waals surface area contributed by atoms with Crippen LogP contribution in [0.5, 0.6) is 0 Å². The minimum atomic E-state index is -0.146. The second-order valence-electron chi connectivity index (χ2n) is 8.21. The van der Waals surface area contributed by atoms with Gasteiger partial charge in [-0.2, -0.15) is 5.10 Å². The lowest BCUT2D eigenvalue weighted by atomic mass is 9.76. The predicted octanol–water partition coefficient (Wildman–Crippen LogP) is 5.16. The molecule has 4 rings (SSSR count). The molecule has 5 heteroatoms. The number of carbonyl (C=O) groups is 1. The minimum Gasteiger partial charge on any atom is -0.343 e. The largest absolute Gasteiger partial charge is 0.343 e. The fourth-order valence-corrected chi connectivity index (χ4v) is 4.22. The molecule has 0 spiro atoms. The van der Waals surface area contributed by atoms with Gasteiger partial charge in [0.05, 0.1) is 11.2 Å². The number of nitrogens with one attached hydrogen (secondary N) is 1. The number of benzene rings is 1. The number of Topliss-reactive ketones (excluding diaryl/α,β-unsaturated/α-hetero) is 1. The van der Waals surface area contributed by atoms with Gasteiger partial charge in [-0.05, 0) is 58.2 Å². The third-order valence-corrected chi connectivity index (χ3v) is 5.50. The van der Waals surface area contributed by atoms with Gasteiger partial charge in [0.25, 0.3) is 0 Å². The SMILES string of the molecule is Cc1nn(C(C)(C)C)c2c1C(c1ccc(Cl)cc1)C1=C(CCCC1=O)N2. The summed E-state index contributed by atoms with van der Waals surface area (Å²) >= 11 is 6.10. The van der Waals surface area contributed by atoms with Gasteiger partial charge in [0.2, 0.25) is 0 Å². The van der Waals surface area contributed by atoms with E-state index in [0.717, 1.165) is 46.8 Å². The molecule has 1 aromatic carbocycles. The lowest BCUT2D eigenvalue weighted by molar-refractivity contribution is -0.116. The summed E-state index contributed by atoms with van der Waals surface area (Å²) in [6.07, 6.45) is 2.42. The topological polar surface area (TPSA) is 46.9 Å². The maximum Gasteiger partial charge on any atom is 0.161 e. The first-order valence-electron chi connectivity index (χ1n) is 9.16. The van der Waals surface area contributed by atoms with Gasteiger partial charge in [-0.1, -0.05) is 23.7 Å². The zero-order valence-electron chi connectivity index (χ0n) is 15.7. The molecule has 2 aliphatic rings. The van der Waals surface area contributed by atoms with E-state index in [1.54, 1.807) is 0 Å². The van der Waals surface area contributed by atoms with Crippen LogP contribution < -0.4 is 5.32 Å². The van der Waals surface area contributed by atoms with Crippen molar-refractivity contribution in [2.24, 2.45) is 0 Å². The molecule has 4 nitrogen and oxygen atoms in total. The van der Waals surface area contributed by atoms with Gasteiger partial charge in [0.15, 0.2) is 5.78 Å². The Morgan fingerprint density at radius 1 is 1.19 bits per heavy atom. The monoisotopic (exact) mass is 369 g/mol. The highest BCUT2D eigenvalue weighted by Gasteiger charge is 2.39. The van der Waals surface area contributed by atoms with Crippen molar-refractivity contribution in [2.45, 2.75) is 58.4 Å². The van der Waals surface area contributed by atoms with E-state index in [9.17, 15) is 4.79 Å². The second kappa shape index (κ2) is 5.98. The molecule has 1 atom stereocenters. The van der Waals surface area contributed by atoms with Crippen molar-refractivity contribution in [2.75, 3.05) is 5.32 Å². The van der Waals surface area contributed by atoms with Crippen LogP contribution in [0.1, 0.15) is 62.8 Å². The quantitative estimate of drug-likeness (QED) is 0.754. The highest BCUT2D eigenvalue weighted by Crippen LogP contribution is 2.47. The van der Waals surface area contributed by atoms with E-state index >= 15 is 0 Å². The Morgan fingerprint density at radius 3 is 2.54 bits per heavy atom. The van der Waals surface area contributed by atoms with Crippen LogP contribution in [0.4, 0.5) is 5.82 Å². The van der Waals surface area contributed by atoms with Crippen molar-refractivity contribution >= 4 is 23.2 Å². The zero-order chi connectivity index (χ0) is 18.6. The highest BCUT2D eigenvalue weighted by molar-refractivity contribution is 6.30. The van der Waals surface area contributed by atoms with Crippen LogP contribution in [-0.4, -0.2) is 15.6 Å². The highest BCUT2D eigenvalue weighted by atomic mass is 35.5. The predicted molar refractivity (Wildman–Crippen MR) is 105 cm³/mol. The first kappa shape index (κ1) is 17.3. The molecule has 2 aromatic rings. The van der Waals surface area contributed by atoms with Gasteiger partial charge in [-0.15, -0.1) is 0 Å². The number of allylic oxidation sites excluding steroid dienone is 2. The Kier molecular flexibility index (Phi) is 3.99. The molecule has 0 fully saturated rings. The van der Waals surface area contributed by atoms with Gasteiger partial charge in [0.1, 0.15) is 5.82 Å². The second-order valence-corrected chi connectivity index (χ2v) is 8.65. The first-order valence-corrected chi connectivity index (χ1v) is 9.54. The molecule has 0 saturated carbocycles. The average Bonchev–Trinajstić information content (AvgIpc) is 2.91. The van der Waals surface area contributed by atoms with Crippen LogP contribution in [-0.2, 0) is 10.3 Å². The number of nitrogens with zero attached hydrogens (tertiary/aromatic N) is 2. The number of aromatic nitrogens is 2. The van der Waals surface area contributed by atoms with Crippen molar-refractivity contribution in [3.05, 3.63) is 57.4 Å². The Morgan fingerprint density at radius 2 is 1.88 bits per heavy atom. The minimum absolute atomic E-state index is 0.0811. The van der Waals surface area contributed by atoms with Crippen molar-refractivity contribution in [1.82, 2.24) is 9.78 Å². The van der Waals surface area contributed by atoms with E-state index in [0.29, 0.717) is 11.4 Å². The molecule has 0 saturated heterocycles. The fraction of sp³-hybridized carbons (Fsp3) is 0.429. The zero-order valence-corrected chi connectivity index (χ0v) is 16.4. The standard InChI is InChI=1S/C21H24ClN3O/c1-12-17-18(13-8-10-14(22)11-9-13)19-15(6-5-7-16(19)26)23-20(17)25(24-12)21(2,3)4/h8-11,18,23H,5-7H2,1-4H3. The van der Waals surface area contributed by atoms with Crippen molar-refractivity contribution in [1.29, 1.82) is 0 Å². The van der Waals surface area contributed by atoms with Crippen LogP contribution in [0.2, 0.25) is 5.02 Å². The summed E-state index contributed by atoms with van der Waals surface area (Å²) in [4.78, 5) is 12.9. The van der Waals surface area contributed by atoms with E-state index in [4.69, 9.17) is 16.7 Å². The number of anilines is 1.